The molecule has 1 fully saturated rings. The van der Waals surface area contributed by atoms with E-state index in [2.05, 4.69) is 10.9 Å². The summed E-state index contributed by atoms with van der Waals surface area (Å²) >= 11 is 0. The highest BCUT2D eigenvalue weighted by Gasteiger charge is 2.20. The molecule has 0 aromatic carbocycles. The Balaban J connectivity index is 2.33. The van der Waals surface area contributed by atoms with E-state index in [-0.39, 0.29) is 0 Å². The molecule has 1 saturated heterocycles. The summed E-state index contributed by atoms with van der Waals surface area (Å²) in [6, 6.07) is 0. The lowest BCUT2D eigenvalue weighted by Crippen LogP contribution is -2.32. The van der Waals surface area contributed by atoms with Gasteiger partial charge in [-0.15, -0.1) is 0 Å². The van der Waals surface area contributed by atoms with E-state index in [0.717, 1.165) is 0 Å². The van der Waals surface area contributed by atoms with Crippen molar-refractivity contribution >= 4 is 0 Å². The average molecular weight is 104 g/mol. The Morgan fingerprint density at radius 1 is 1.43 bits per heavy atom. The molecule has 0 aliphatic carbocycles. The van der Waals surface area contributed by atoms with Crippen LogP contribution in [0.4, 0.5) is 0 Å². The number of aliphatic hydroxyl groups is 2. The maximum atomic E-state index is 8.62. The predicted octanol–water partition coefficient (Wildman–Crippen LogP) is -2.23. The van der Waals surface area contributed by atoms with Crippen LogP contribution in [0.15, 0.2) is 0 Å². The van der Waals surface area contributed by atoms with E-state index in [0.29, 0.717) is 6.54 Å². The van der Waals surface area contributed by atoms with E-state index < -0.39 is 12.3 Å². The van der Waals surface area contributed by atoms with E-state index in [1.165, 1.54) is 0 Å². The second-order valence-corrected chi connectivity index (χ2v) is 1.54. The summed E-state index contributed by atoms with van der Waals surface area (Å²) in [6.07, 6.45) is -1.44. The number of aliphatic hydroxyl groups excluding tert-OH is 2. The lowest BCUT2D eigenvalue weighted by atomic mass is 10.4. The average Bonchev–Trinajstić information content (AvgIpc) is 1.91. The summed E-state index contributed by atoms with van der Waals surface area (Å²) < 4.78 is 0. The molecule has 1 heterocycles. The van der Waals surface area contributed by atoms with E-state index in [1.807, 2.05) is 0 Å². The van der Waals surface area contributed by atoms with Gasteiger partial charge >= 0.3 is 0 Å². The van der Waals surface area contributed by atoms with Gasteiger partial charge in [-0.25, -0.2) is 5.43 Å². The van der Waals surface area contributed by atoms with Crippen molar-refractivity contribution in [2.75, 3.05) is 6.54 Å². The van der Waals surface area contributed by atoms with Gasteiger partial charge in [-0.05, 0) is 0 Å². The zero-order valence-corrected chi connectivity index (χ0v) is 3.76. The Morgan fingerprint density at radius 2 is 2.14 bits per heavy atom. The molecule has 0 amide bonds. The molecular weight excluding hydrogens is 96.0 g/mol. The summed E-state index contributed by atoms with van der Waals surface area (Å²) in [6.45, 7) is 0.418. The second kappa shape index (κ2) is 1.75. The first-order valence-electron chi connectivity index (χ1n) is 2.15. The van der Waals surface area contributed by atoms with Crippen molar-refractivity contribution < 1.29 is 10.2 Å². The maximum absolute atomic E-state index is 8.62. The van der Waals surface area contributed by atoms with Gasteiger partial charge in [0.2, 0.25) is 0 Å². The van der Waals surface area contributed by atoms with Crippen LogP contribution in [0.25, 0.3) is 0 Å². The molecule has 4 nitrogen and oxygen atoms in total. The minimum atomic E-state index is -0.792. The van der Waals surface area contributed by atoms with Crippen LogP contribution in [0.2, 0.25) is 0 Å². The Morgan fingerprint density at radius 3 is 2.29 bits per heavy atom. The van der Waals surface area contributed by atoms with Crippen LogP contribution >= 0.6 is 0 Å². The van der Waals surface area contributed by atoms with Crippen LogP contribution < -0.4 is 10.9 Å². The molecule has 0 saturated carbocycles. The third-order valence-electron chi connectivity index (χ3n) is 0.926. The van der Waals surface area contributed by atoms with Gasteiger partial charge in [0.1, 0.15) is 12.3 Å². The first-order chi connectivity index (χ1) is 3.30. The van der Waals surface area contributed by atoms with E-state index in [9.17, 15) is 0 Å². The third kappa shape index (κ3) is 0.889. The highest BCUT2D eigenvalue weighted by molar-refractivity contribution is 4.70. The van der Waals surface area contributed by atoms with E-state index >= 15 is 0 Å². The predicted molar refractivity (Wildman–Crippen MR) is 23.2 cm³/mol. The van der Waals surface area contributed by atoms with Crippen LogP contribution in [0.1, 0.15) is 0 Å². The minimum Gasteiger partial charge on any atom is -0.388 e. The van der Waals surface area contributed by atoms with Gasteiger partial charge in [-0.2, -0.15) is 0 Å². The lowest BCUT2D eigenvalue weighted by molar-refractivity contribution is 0.0366. The van der Waals surface area contributed by atoms with Crippen LogP contribution in [-0.2, 0) is 0 Å². The van der Waals surface area contributed by atoms with Crippen LogP contribution in [0.3, 0.4) is 0 Å². The quantitative estimate of drug-likeness (QED) is 0.281. The van der Waals surface area contributed by atoms with Gasteiger partial charge in [0.25, 0.3) is 0 Å². The van der Waals surface area contributed by atoms with Gasteiger partial charge in [-0.3, -0.25) is 5.43 Å². The van der Waals surface area contributed by atoms with Crippen molar-refractivity contribution in [1.82, 2.24) is 10.9 Å². The zero-order valence-electron chi connectivity index (χ0n) is 3.76. The Hall–Kier alpha value is -0.160. The standard InChI is InChI=1S/C3H8N2O2/c6-2-1-4-5-3(2)7/h2-7H,1H2. The lowest BCUT2D eigenvalue weighted by Gasteiger charge is -2.01. The van der Waals surface area contributed by atoms with E-state index in [4.69, 9.17) is 10.2 Å². The van der Waals surface area contributed by atoms with Gasteiger partial charge in [0.15, 0.2) is 0 Å². The Bertz CT molecular complexity index is 60.0. The number of hydrogen-bond donors (Lipinski definition) is 4. The molecule has 2 atom stereocenters. The largest absolute Gasteiger partial charge is 0.388 e. The maximum Gasteiger partial charge on any atom is 0.144 e. The molecule has 42 valence electrons. The van der Waals surface area contributed by atoms with Crippen LogP contribution in [0, 0.1) is 0 Å². The summed E-state index contributed by atoms with van der Waals surface area (Å²) in [5.74, 6) is 0. The van der Waals surface area contributed by atoms with Crippen molar-refractivity contribution in [2.24, 2.45) is 0 Å². The molecule has 0 spiro atoms. The third-order valence-corrected chi connectivity index (χ3v) is 0.926. The van der Waals surface area contributed by atoms with Crippen LogP contribution in [-0.4, -0.2) is 29.1 Å². The zero-order chi connectivity index (χ0) is 5.28. The SMILES string of the molecule is OC1CNNC1O. The molecule has 0 radical (unpaired) electrons. The number of hydrogen-bond acceptors (Lipinski definition) is 4. The molecule has 0 aromatic heterocycles. The molecular formula is C3H8N2O2. The smallest absolute Gasteiger partial charge is 0.144 e. The topological polar surface area (TPSA) is 64.5 Å². The summed E-state index contributed by atoms with van der Waals surface area (Å²) in [5.41, 5.74) is 5.00. The van der Waals surface area contributed by atoms with E-state index in [1.54, 1.807) is 0 Å². The van der Waals surface area contributed by atoms with Gasteiger partial charge in [0.05, 0.1) is 0 Å². The molecule has 2 unspecified atom stereocenters. The van der Waals surface area contributed by atoms with Crippen LogP contribution in [0.5, 0.6) is 0 Å². The normalized spacial score (nSPS) is 42.0. The first-order valence-corrected chi connectivity index (χ1v) is 2.15. The minimum absolute atomic E-state index is 0.418. The molecule has 4 N–H and O–H groups in total. The van der Waals surface area contributed by atoms with Crippen molar-refractivity contribution in [1.29, 1.82) is 0 Å². The molecule has 7 heavy (non-hydrogen) atoms. The monoisotopic (exact) mass is 104 g/mol. The number of β-amino-alcohol motifs (C(OH)–C–C–N with tert-alkyl or cyclic N) is 1. The van der Waals surface area contributed by atoms with Crippen molar-refractivity contribution in [3.63, 3.8) is 0 Å². The summed E-state index contributed by atoms with van der Waals surface area (Å²) in [4.78, 5) is 0. The molecule has 1 aliphatic rings. The van der Waals surface area contributed by atoms with Crippen molar-refractivity contribution in [2.45, 2.75) is 12.3 Å². The number of nitrogens with one attached hydrogen (secondary N) is 2. The van der Waals surface area contributed by atoms with Gasteiger partial charge in [-0.1, -0.05) is 0 Å². The second-order valence-electron chi connectivity index (χ2n) is 1.54. The summed E-state index contributed by atoms with van der Waals surface area (Å²) in [7, 11) is 0. The highest BCUT2D eigenvalue weighted by atomic mass is 16.3. The molecule has 1 rings (SSSR count). The fraction of sp³-hybridized carbons (Fsp3) is 1.00. The summed E-state index contributed by atoms with van der Waals surface area (Å²) in [5, 5.41) is 17.2. The van der Waals surface area contributed by atoms with Gasteiger partial charge in [0, 0.05) is 6.54 Å². The first kappa shape index (κ1) is 4.99. The molecule has 0 aromatic rings. The molecule has 4 heteroatoms. The van der Waals surface area contributed by atoms with Gasteiger partial charge < -0.3 is 10.2 Å². The highest BCUT2D eigenvalue weighted by Crippen LogP contribution is 1.90. The van der Waals surface area contributed by atoms with Crippen molar-refractivity contribution in [3.8, 4) is 0 Å². The number of hydrazine groups is 1. The fourth-order valence-electron chi connectivity index (χ4n) is 0.476. The number of rotatable bonds is 0. The fourth-order valence-corrected chi connectivity index (χ4v) is 0.476. The Labute approximate surface area is 41.1 Å². The molecule has 0 bridgehead atoms. The molecule has 1 aliphatic heterocycles. The Kier molecular flexibility index (Phi) is 1.25. The van der Waals surface area contributed by atoms with Crippen molar-refractivity contribution in [3.05, 3.63) is 0 Å².